The predicted octanol–water partition coefficient (Wildman–Crippen LogP) is 1.89. The maximum Gasteiger partial charge on any atom is 0.253 e. The number of thioether (sulfide) groups is 1. The molecule has 0 bridgehead atoms. The molecular weight excluding hydrogens is 274 g/mol. The molecule has 0 fully saturated rings. The van der Waals surface area contributed by atoms with Crippen LogP contribution in [-0.2, 0) is 0 Å². The van der Waals surface area contributed by atoms with E-state index in [4.69, 9.17) is 11.6 Å². The highest BCUT2D eigenvalue weighted by molar-refractivity contribution is 7.98. The summed E-state index contributed by atoms with van der Waals surface area (Å²) in [5.41, 5.74) is -0.783. The molecule has 0 aromatic heterocycles. The minimum Gasteiger partial charge on any atom is -0.508 e. The van der Waals surface area contributed by atoms with Crippen LogP contribution in [0.5, 0.6) is 5.75 Å². The van der Waals surface area contributed by atoms with Crippen LogP contribution < -0.4 is 5.32 Å². The molecule has 4 nitrogen and oxygen atoms in total. The van der Waals surface area contributed by atoms with Gasteiger partial charge < -0.3 is 15.5 Å². The molecule has 100 valence electrons. The van der Waals surface area contributed by atoms with Gasteiger partial charge in [-0.3, -0.25) is 4.79 Å². The fraction of sp³-hybridized carbons (Fsp3) is 0.417. The van der Waals surface area contributed by atoms with Crippen LogP contribution in [0, 0.1) is 0 Å². The van der Waals surface area contributed by atoms with Crippen molar-refractivity contribution in [1.29, 1.82) is 0 Å². The highest BCUT2D eigenvalue weighted by Gasteiger charge is 2.21. The summed E-state index contributed by atoms with van der Waals surface area (Å²) >= 11 is 7.36. The molecule has 0 heterocycles. The Morgan fingerprint density at radius 1 is 1.56 bits per heavy atom. The molecule has 0 radical (unpaired) electrons. The number of hydrogen-bond donors (Lipinski definition) is 3. The van der Waals surface area contributed by atoms with Gasteiger partial charge in [0.15, 0.2) is 0 Å². The molecule has 0 saturated carbocycles. The van der Waals surface area contributed by atoms with E-state index < -0.39 is 11.5 Å². The normalized spacial score (nSPS) is 14.0. The Bertz CT molecular complexity index is 437. The summed E-state index contributed by atoms with van der Waals surface area (Å²) in [5, 5.41) is 22.1. The van der Waals surface area contributed by atoms with E-state index >= 15 is 0 Å². The van der Waals surface area contributed by atoms with Crippen molar-refractivity contribution in [2.45, 2.75) is 12.5 Å². The van der Waals surface area contributed by atoms with Crippen molar-refractivity contribution >= 4 is 29.3 Å². The monoisotopic (exact) mass is 289 g/mol. The molecule has 1 amide bonds. The summed E-state index contributed by atoms with van der Waals surface area (Å²) in [4.78, 5) is 11.8. The zero-order valence-corrected chi connectivity index (χ0v) is 11.8. The van der Waals surface area contributed by atoms with E-state index in [1.165, 1.54) is 30.0 Å². The number of nitrogens with one attached hydrogen (secondary N) is 1. The number of halogens is 1. The number of benzene rings is 1. The number of phenolic OH excluding ortho intramolecular Hbond substituents is 1. The van der Waals surface area contributed by atoms with Gasteiger partial charge in [-0.25, -0.2) is 0 Å². The summed E-state index contributed by atoms with van der Waals surface area (Å²) in [5.74, 6) is 0.0684. The standard InChI is InChI=1S/C12H16ClNO3S/c1-12(17,7-18-2)6-14-11(16)9-5-8(15)3-4-10(9)13/h3-5,15,17H,6-7H2,1-2H3,(H,14,16). The van der Waals surface area contributed by atoms with Gasteiger partial charge >= 0.3 is 0 Å². The number of hydrogen-bond acceptors (Lipinski definition) is 4. The van der Waals surface area contributed by atoms with E-state index in [0.717, 1.165) is 0 Å². The Morgan fingerprint density at radius 2 is 2.22 bits per heavy atom. The molecule has 0 aliphatic rings. The van der Waals surface area contributed by atoms with Crippen LogP contribution in [0.1, 0.15) is 17.3 Å². The maximum atomic E-state index is 11.8. The topological polar surface area (TPSA) is 69.6 Å². The summed E-state index contributed by atoms with van der Waals surface area (Å²) < 4.78 is 0. The molecular formula is C12H16ClNO3S. The smallest absolute Gasteiger partial charge is 0.253 e. The van der Waals surface area contributed by atoms with Crippen LogP contribution in [-0.4, -0.2) is 40.3 Å². The molecule has 0 aliphatic carbocycles. The summed E-state index contributed by atoms with van der Waals surface area (Å²) in [6, 6.07) is 4.15. The van der Waals surface area contributed by atoms with Gasteiger partial charge in [-0.15, -0.1) is 0 Å². The van der Waals surface area contributed by atoms with Gasteiger partial charge in [-0.05, 0) is 31.4 Å². The van der Waals surface area contributed by atoms with Gasteiger partial charge in [-0.1, -0.05) is 11.6 Å². The third-order valence-corrected chi connectivity index (χ3v) is 3.52. The van der Waals surface area contributed by atoms with Crippen LogP contribution in [0.2, 0.25) is 5.02 Å². The fourth-order valence-corrected chi connectivity index (χ4v) is 2.34. The van der Waals surface area contributed by atoms with Gasteiger partial charge in [0.2, 0.25) is 0 Å². The number of aromatic hydroxyl groups is 1. The molecule has 1 aromatic carbocycles. The van der Waals surface area contributed by atoms with Crippen molar-refractivity contribution in [3.63, 3.8) is 0 Å². The Hall–Kier alpha value is -0.910. The first-order valence-corrected chi connectivity index (χ1v) is 7.11. The van der Waals surface area contributed by atoms with Crippen molar-refractivity contribution in [2.75, 3.05) is 18.6 Å². The highest BCUT2D eigenvalue weighted by atomic mass is 35.5. The number of rotatable bonds is 5. The lowest BCUT2D eigenvalue weighted by Crippen LogP contribution is -2.42. The molecule has 3 N–H and O–H groups in total. The van der Waals surface area contributed by atoms with E-state index in [1.807, 2.05) is 6.26 Å². The fourth-order valence-electron chi connectivity index (χ4n) is 1.42. The second-order valence-corrected chi connectivity index (χ2v) is 5.55. The van der Waals surface area contributed by atoms with Crippen molar-refractivity contribution in [1.82, 2.24) is 5.32 Å². The molecule has 1 unspecified atom stereocenters. The van der Waals surface area contributed by atoms with Gasteiger partial charge in [0.1, 0.15) is 5.75 Å². The zero-order chi connectivity index (χ0) is 13.8. The first kappa shape index (κ1) is 15.1. The minimum absolute atomic E-state index is 0.0274. The molecule has 0 aliphatic heterocycles. The van der Waals surface area contributed by atoms with Crippen molar-refractivity contribution < 1.29 is 15.0 Å². The van der Waals surface area contributed by atoms with E-state index in [0.29, 0.717) is 5.75 Å². The maximum absolute atomic E-state index is 11.8. The summed E-state index contributed by atoms with van der Waals surface area (Å²) in [6.07, 6.45) is 1.88. The van der Waals surface area contributed by atoms with Gasteiger partial charge in [0, 0.05) is 12.3 Å². The average molecular weight is 290 g/mol. The number of carbonyl (C=O) groups is 1. The largest absolute Gasteiger partial charge is 0.508 e. The van der Waals surface area contributed by atoms with Gasteiger partial charge in [0.05, 0.1) is 16.2 Å². The third-order valence-electron chi connectivity index (χ3n) is 2.28. The lowest BCUT2D eigenvalue weighted by Gasteiger charge is -2.22. The van der Waals surface area contributed by atoms with Crippen molar-refractivity contribution in [3.05, 3.63) is 28.8 Å². The number of carbonyl (C=O) groups excluding carboxylic acids is 1. The van der Waals surface area contributed by atoms with Crippen molar-refractivity contribution in [2.24, 2.45) is 0 Å². The molecule has 1 aromatic rings. The van der Waals surface area contributed by atoms with E-state index in [9.17, 15) is 15.0 Å². The molecule has 18 heavy (non-hydrogen) atoms. The van der Waals surface area contributed by atoms with Crippen LogP contribution in [0.15, 0.2) is 18.2 Å². The lowest BCUT2D eigenvalue weighted by atomic mass is 10.1. The minimum atomic E-state index is -0.974. The first-order valence-electron chi connectivity index (χ1n) is 5.34. The first-order chi connectivity index (χ1) is 8.35. The van der Waals surface area contributed by atoms with E-state index in [-0.39, 0.29) is 22.9 Å². The summed E-state index contributed by atoms with van der Waals surface area (Å²) in [7, 11) is 0. The quantitative estimate of drug-likeness (QED) is 0.774. The third kappa shape index (κ3) is 4.40. The molecule has 0 spiro atoms. The number of phenols is 1. The number of aliphatic hydroxyl groups is 1. The van der Waals surface area contributed by atoms with E-state index in [2.05, 4.69) is 5.32 Å². The van der Waals surface area contributed by atoms with Crippen LogP contribution >= 0.6 is 23.4 Å². The Kier molecular flexibility index (Phi) is 5.31. The Balaban J connectivity index is 2.69. The van der Waals surface area contributed by atoms with E-state index in [1.54, 1.807) is 6.92 Å². The highest BCUT2D eigenvalue weighted by Crippen LogP contribution is 2.21. The lowest BCUT2D eigenvalue weighted by molar-refractivity contribution is 0.0725. The Morgan fingerprint density at radius 3 is 2.83 bits per heavy atom. The van der Waals surface area contributed by atoms with Gasteiger partial charge in [-0.2, -0.15) is 11.8 Å². The second-order valence-electron chi connectivity index (χ2n) is 4.28. The predicted molar refractivity (Wildman–Crippen MR) is 74.5 cm³/mol. The Labute approximate surface area is 115 Å². The van der Waals surface area contributed by atoms with Crippen LogP contribution in [0.3, 0.4) is 0 Å². The molecule has 0 saturated heterocycles. The van der Waals surface area contributed by atoms with Crippen molar-refractivity contribution in [3.8, 4) is 5.75 Å². The zero-order valence-electron chi connectivity index (χ0n) is 10.2. The molecule has 1 rings (SSSR count). The average Bonchev–Trinajstić information content (AvgIpc) is 2.29. The molecule has 1 atom stereocenters. The van der Waals surface area contributed by atoms with Crippen LogP contribution in [0.25, 0.3) is 0 Å². The summed E-state index contributed by atoms with van der Waals surface area (Å²) in [6.45, 7) is 1.77. The SMILES string of the molecule is CSCC(C)(O)CNC(=O)c1cc(O)ccc1Cl. The van der Waals surface area contributed by atoms with Crippen LogP contribution in [0.4, 0.5) is 0 Å². The van der Waals surface area contributed by atoms with Gasteiger partial charge in [0.25, 0.3) is 5.91 Å². The number of amides is 1. The molecule has 6 heteroatoms. The second kappa shape index (κ2) is 6.31.